The van der Waals surface area contributed by atoms with Crippen molar-refractivity contribution in [1.29, 1.82) is 0 Å². The molecule has 5 heteroatoms. The van der Waals surface area contributed by atoms with Crippen molar-refractivity contribution in [1.82, 2.24) is 10.3 Å². The molecular weight excluding hydrogens is 244 g/mol. The van der Waals surface area contributed by atoms with E-state index in [1.807, 2.05) is 12.1 Å². The third-order valence-electron chi connectivity index (χ3n) is 2.32. The summed E-state index contributed by atoms with van der Waals surface area (Å²) in [5.41, 5.74) is 0.426. The lowest BCUT2D eigenvalue weighted by Gasteiger charge is -2.20. The van der Waals surface area contributed by atoms with Crippen LogP contribution in [0.1, 0.15) is 26.3 Å². The lowest BCUT2D eigenvalue weighted by atomic mass is 10.0. The van der Waals surface area contributed by atoms with Crippen molar-refractivity contribution in [3.8, 4) is 0 Å². The van der Waals surface area contributed by atoms with Crippen LogP contribution in [0.25, 0.3) is 0 Å². The second-order valence-electron chi connectivity index (χ2n) is 5.34. The molecule has 1 N–H and O–H groups in total. The van der Waals surface area contributed by atoms with Crippen molar-refractivity contribution in [3.63, 3.8) is 0 Å². The second-order valence-corrected chi connectivity index (χ2v) is 5.34. The molecule has 104 valence electrons. The van der Waals surface area contributed by atoms with E-state index in [4.69, 9.17) is 4.74 Å². The first-order valence-electron chi connectivity index (χ1n) is 6.22. The number of nitrogens with zero attached hydrogens (tertiary/aromatic N) is 1. The maximum absolute atomic E-state index is 11.5. The molecule has 0 bridgehead atoms. The summed E-state index contributed by atoms with van der Waals surface area (Å²) in [7, 11) is 0. The zero-order chi connectivity index (χ0) is 14.3. The zero-order valence-electron chi connectivity index (χ0n) is 11.6. The molecule has 0 aliphatic rings. The van der Waals surface area contributed by atoms with Crippen molar-refractivity contribution in [2.45, 2.75) is 32.8 Å². The predicted molar refractivity (Wildman–Crippen MR) is 71.7 cm³/mol. The van der Waals surface area contributed by atoms with Crippen LogP contribution in [-0.4, -0.2) is 29.5 Å². The van der Waals surface area contributed by atoms with Gasteiger partial charge in [-0.15, -0.1) is 0 Å². The molecule has 1 heterocycles. The molecule has 1 amide bonds. The Labute approximate surface area is 113 Å². The molecule has 0 radical (unpaired) electrons. The fourth-order valence-electron chi connectivity index (χ4n) is 1.52. The quantitative estimate of drug-likeness (QED) is 0.825. The van der Waals surface area contributed by atoms with E-state index in [1.54, 1.807) is 33.2 Å². The molecule has 0 aliphatic carbocycles. The molecule has 0 saturated carbocycles. The third kappa shape index (κ3) is 6.55. The Bertz CT molecular complexity index is 412. The first-order valence-corrected chi connectivity index (χ1v) is 6.22. The molecule has 0 saturated heterocycles. The number of aldehydes is 1. The maximum Gasteiger partial charge on any atom is 0.407 e. The van der Waals surface area contributed by atoms with Gasteiger partial charge in [-0.1, -0.05) is 6.07 Å². The number of hydrogen-bond acceptors (Lipinski definition) is 4. The van der Waals surface area contributed by atoms with Crippen LogP contribution < -0.4 is 5.32 Å². The van der Waals surface area contributed by atoms with Gasteiger partial charge in [0.2, 0.25) is 0 Å². The highest BCUT2D eigenvalue weighted by molar-refractivity contribution is 5.68. The predicted octanol–water partition coefficient (Wildman–Crippen LogP) is 1.96. The van der Waals surface area contributed by atoms with E-state index < -0.39 is 11.7 Å². The Morgan fingerprint density at radius 1 is 1.53 bits per heavy atom. The summed E-state index contributed by atoms with van der Waals surface area (Å²) >= 11 is 0. The first kappa shape index (κ1) is 15.1. The Kier molecular flexibility index (Phi) is 5.48. The van der Waals surface area contributed by atoms with Gasteiger partial charge in [-0.2, -0.15) is 0 Å². The molecule has 1 rings (SSSR count). The third-order valence-corrected chi connectivity index (χ3v) is 2.32. The summed E-state index contributed by atoms with van der Waals surface area (Å²) in [6.45, 7) is 5.63. The topological polar surface area (TPSA) is 68.3 Å². The molecule has 0 aliphatic heterocycles. The highest BCUT2D eigenvalue weighted by Crippen LogP contribution is 2.08. The van der Waals surface area contributed by atoms with Crippen LogP contribution in [0.4, 0.5) is 4.79 Å². The molecule has 19 heavy (non-hydrogen) atoms. The molecular formula is C14H20N2O3. The van der Waals surface area contributed by atoms with Gasteiger partial charge in [0.15, 0.2) is 0 Å². The minimum Gasteiger partial charge on any atom is -0.444 e. The fourth-order valence-corrected chi connectivity index (χ4v) is 1.52. The number of alkyl carbamates (subject to hydrolysis) is 1. The summed E-state index contributed by atoms with van der Waals surface area (Å²) in [5.74, 6) is -0.281. The fraction of sp³-hybridized carbons (Fsp3) is 0.500. The summed E-state index contributed by atoms with van der Waals surface area (Å²) in [5, 5.41) is 2.60. The number of carbonyl (C=O) groups is 2. The number of rotatable bonds is 5. The zero-order valence-corrected chi connectivity index (χ0v) is 11.6. The van der Waals surface area contributed by atoms with E-state index in [0.29, 0.717) is 6.42 Å². The molecule has 1 aromatic heterocycles. The van der Waals surface area contributed by atoms with Gasteiger partial charge in [0.25, 0.3) is 0 Å². The standard InChI is InChI=1S/C14H20N2O3/c1-14(2,3)19-13(18)16-9-12(10-17)7-11-5-4-6-15-8-11/h4-6,8,10,12H,7,9H2,1-3H3,(H,16,18). The van der Waals surface area contributed by atoms with Crippen LogP contribution in [0.3, 0.4) is 0 Å². The molecule has 0 aromatic carbocycles. The molecule has 1 atom stereocenters. The number of hydrogen-bond donors (Lipinski definition) is 1. The normalized spacial score (nSPS) is 12.6. The monoisotopic (exact) mass is 264 g/mol. The van der Waals surface area contributed by atoms with Gasteiger partial charge < -0.3 is 14.8 Å². The van der Waals surface area contributed by atoms with Crippen molar-refractivity contribution in [3.05, 3.63) is 30.1 Å². The van der Waals surface area contributed by atoms with Crippen LogP contribution in [-0.2, 0) is 16.0 Å². The van der Waals surface area contributed by atoms with E-state index in [1.165, 1.54) is 0 Å². The van der Waals surface area contributed by atoms with Crippen LogP contribution in [0.2, 0.25) is 0 Å². The molecule has 1 aromatic rings. The summed E-state index contributed by atoms with van der Waals surface area (Å²) in [4.78, 5) is 26.5. The van der Waals surface area contributed by atoms with E-state index in [9.17, 15) is 9.59 Å². The Hall–Kier alpha value is -1.91. The van der Waals surface area contributed by atoms with Gasteiger partial charge >= 0.3 is 6.09 Å². The largest absolute Gasteiger partial charge is 0.444 e. The second kappa shape index (κ2) is 6.87. The minimum absolute atomic E-state index is 0.257. The minimum atomic E-state index is -0.538. The molecule has 1 unspecified atom stereocenters. The van der Waals surface area contributed by atoms with E-state index in [-0.39, 0.29) is 12.5 Å². The molecule has 0 spiro atoms. The van der Waals surface area contributed by atoms with E-state index in [0.717, 1.165) is 11.8 Å². The number of carbonyl (C=O) groups excluding carboxylic acids is 2. The maximum atomic E-state index is 11.5. The van der Waals surface area contributed by atoms with Crippen molar-refractivity contribution >= 4 is 12.4 Å². The average molecular weight is 264 g/mol. The SMILES string of the molecule is CC(C)(C)OC(=O)NCC(C=O)Cc1cccnc1. The van der Waals surface area contributed by atoms with Crippen molar-refractivity contribution in [2.24, 2.45) is 5.92 Å². The van der Waals surface area contributed by atoms with Gasteiger partial charge in [0, 0.05) is 24.9 Å². The van der Waals surface area contributed by atoms with Crippen molar-refractivity contribution in [2.75, 3.05) is 6.54 Å². The van der Waals surface area contributed by atoms with Gasteiger partial charge in [0.05, 0.1) is 0 Å². The lowest BCUT2D eigenvalue weighted by Crippen LogP contribution is -2.36. The smallest absolute Gasteiger partial charge is 0.407 e. The van der Waals surface area contributed by atoms with Gasteiger partial charge in [-0.05, 0) is 38.8 Å². The first-order chi connectivity index (χ1) is 8.90. The van der Waals surface area contributed by atoms with E-state index in [2.05, 4.69) is 10.3 Å². The summed E-state index contributed by atoms with van der Waals surface area (Å²) in [6.07, 6.45) is 4.27. The average Bonchev–Trinajstić information content (AvgIpc) is 2.33. The number of amides is 1. The number of nitrogens with one attached hydrogen (secondary N) is 1. The summed E-state index contributed by atoms with van der Waals surface area (Å²) in [6, 6.07) is 3.72. The molecule has 0 fully saturated rings. The Morgan fingerprint density at radius 2 is 2.26 bits per heavy atom. The van der Waals surface area contributed by atoms with Gasteiger partial charge in [0.1, 0.15) is 11.9 Å². The van der Waals surface area contributed by atoms with Crippen LogP contribution in [0.5, 0.6) is 0 Å². The van der Waals surface area contributed by atoms with Crippen LogP contribution >= 0.6 is 0 Å². The number of pyridine rings is 1. The molecule has 5 nitrogen and oxygen atoms in total. The van der Waals surface area contributed by atoms with E-state index >= 15 is 0 Å². The van der Waals surface area contributed by atoms with Crippen LogP contribution in [0.15, 0.2) is 24.5 Å². The van der Waals surface area contributed by atoms with Crippen molar-refractivity contribution < 1.29 is 14.3 Å². The number of aromatic nitrogens is 1. The highest BCUT2D eigenvalue weighted by atomic mass is 16.6. The summed E-state index contributed by atoms with van der Waals surface area (Å²) < 4.78 is 5.10. The Balaban J connectivity index is 2.41. The van der Waals surface area contributed by atoms with Crippen LogP contribution in [0, 0.1) is 5.92 Å². The number of ether oxygens (including phenoxy) is 1. The highest BCUT2D eigenvalue weighted by Gasteiger charge is 2.17. The van der Waals surface area contributed by atoms with Gasteiger partial charge in [-0.3, -0.25) is 4.98 Å². The Morgan fingerprint density at radius 3 is 2.79 bits per heavy atom. The lowest BCUT2D eigenvalue weighted by molar-refractivity contribution is -0.110. The van der Waals surface area contributed by atoms with Gasteiger partial charge in [-0.25, -0.2) is 4.79 Å².